The molecule has 2 rings (SSSR count). The molecule has 1 heterocycles. The van der Waals surface area contributed by atoms with E-state index in [-0.39, 0.29) is 31.1 Å². The first-order valence-corrected chi connectivity index (χ1v) is 14.6. The molecule has 2 aromatic rings. The highest BCUT2D eigenvalue weighted by atomic mass is 35.5. The van der Waals surface area contributed by atoms with Crippen LogP contribution in [0.25, 0.3) is 0 Å². The summed E-state index contributed by atoms with van der Waals surface area (Å²) >= 11 is 7.37. The summed E-state index contributed by atoms with van der Waals surface area (Å²) in [4.78, 5) is 25.7. The molecule has 0 bridgehead atoms. The molecule has 0 radical (unpaired) electrons. The van der Waals surface area contributed by atoms with Crippen LogP contribution in [-0.2, 0) is 42.1 Å². The lowest BCUT2D eigenvalue weighted by Gasteiger charge is -2.21. The van der Waals surface area contributed by atoms with Crippen molar-refractivity contribution in [2.45, 2.75) is 70.7 Å². The third-order valence-electron chi connectivity index (χ3n) is 5.03. The monoisotopic (exact) mass is 629 g/mol. The van der Waals surface area contributed by atoms with Crippen LogP contribution in [0.3, 0.4) is 0 Å². The fourth-order valence-corrected chi connectivity index (χ4v) is 4.81. The van der Waals surface area contributed by atoms with Crippen LogP contribution in [0.5, 0.6) is 5.75 Å². The molecule has 1 N–H and O–H groups in total. The second-order valence-corrected chi connectivity index (χ2v) is 12.9. The Morgan fingerprint density at radius 2 is 1.80 bits per heavy atom. The maximum absolute atomic E-state index is 13.0. The van der Waals surface area contributed by atoms with E-state index in [0.29, 0.717) is 9.90 Å². The molecule has 1 aromatic heterocycles. The first-order valence-electron chi connectivity index (χ1n) is 12.0. The summed E-state index contributed by atoms with van der Waals surface area (Å²) in [6, 6.07) is 7.19. The highest BCUT2D eigenvalue weighted by Crippen LogP contribution is 2.31. The third kappa shape index (κ3) is 10.5. The quantitative estimate of drug-likeness (QED) is 0.174. The number of hydrogen-bond acceptors (Lipinski definition) is 9. The summed E-state index contributed by atoms with van der Waals surface area (Å²) in [6.07, 6.45) is -2.05. The zero-order valence-electron chi connectivity index (χ0n) is 22.5. The fourth-order valence-electron chi connectivity index (χ4n) is 3.22. The van der Waals surface area contributed by atoms with Crippen molar-refractivity contribution in [3.63, 3.8) is 0 Å². The maximum Gasteiger partial charge on any atom is 0.534 e. The van der Waals surface area contributed by atoms with Crippen LogP contribution in [0, 0.1) is 0 Å². The summed E-state index contributed by atoms with van der Waals surface area (Å²) in [5.74, 6) is -1.42. The molecule has 0 fully saturated rings. The van der Waals surface area contributed by atoms with E-state index in [9.17, 15) is 31.2 Å². The standard InChI is InChI=1S/C25H31ClF3NO8S2/c1-6-35-22(31)19(36-14-15(2)20-9-10-21(26)39-20)12-16-7-8-18(38-40(33,34)25(27,28)29)17(11-16)13-30-23(32)37-24(3,4)5/h7-11,15,19H,6,12-14H2,1-5H3,(H,30,32). The number of alkyl carbamates (subject to hydrolysis) is 1. The number of esters is 1. The summed E-state index contributed by atoms with van der Waals surface area (Å²) in [5, 5.41) is 2.35. The smallest absolute Gasteiger partial charge is 0.464 e. The van der Waals surface area contributed by atoms with Crippen LogP contribution in [0.15, 0.2) is 30.3 Å². The normalized spacial score (nSPS) is 13.8. The molecule has 15 heteroatoms. The lowest BCUT2D eigenvalue weighted by atomic mass is 10.0. The number of nitrogens with one attached hydrogen (secondary N) is 1. The molecule has 40 heavy (non-hydrogen) atoms. The Morgan fingerprint density at radius 3 is 2.35 bits per heavy atom. The van der Waals surface area contributed by atoms with Crippen LogP contribution < -0.4 is 9.50 Å². The van der Waals surface area contributed by atoms with E-state index in [2.05, 4.69) is 9.50 Å². The van der Waals surface area contributed by atoms with Crippen molar-refractivity contribution in [2.75, 3.05) is 13.2 Å². The van der Waals surface area contributed by atoms with Gasteiger partial charge < -0.3 is 23.7 Å². The molecular formula is C25H31ClF3NO8S2. The minimum atomic E-state index is -5.99. The zero-order chi connectivity index (χ0) is 30.3. The van der Waals surface area contributed by atoms with E-state index in [0.717, 1.165) is 10.9 Å². The van der Waals surface area contributed by atoms with Gasteiger partial charge in [-0.3, -0.25) is 0 Å². The molecule has 224 valence electrons. The van der Waals surface area contributed by atoms with Gasteiger partial charge in [0.05, 0.1) is 17.6 Å². The summed E-state index contributed by atoms with van der Waals surface area (Å²) in [7, 11) is -5.99. The van der Waals surface area contributed by atoms with Gasteiger partial charge in [-0.25, -0.2) is 9.59 Å². The van der Waals surface area contributed by atoms with Crippen molar-refractivity contribution in [3.05, 3.63) is 50.7 Å². The predicted molar refractivity (Wildman–Crippen MR) is 143 cm³/mol. The molecule has 1 amide bonds. The number of alkyl halides is 3. The largest absolute Gasteiger partial charge is 0.534 e. The van der Waals surface area contributed by atoms with Crippen molar-refractivity contribution in [2.24, 2.45) is 0 Å². The van der Waals surface area contributed by atoms with Crippen molar-refractivity contribution < 1.29 is 49.6 Å². The van der Waals surface area contributed by atoms with Gasteiger partial charge in [-0.1, -0.05) is 30.7 Å². The van der Waals surface area contributed by atoms with Crippen molar-refractivity contribution in [3.8, 4) is 5.75 Å². The molecule has 0 aliphatic carbocycles. The maximum atomic E-state index is 13.0. The van der Waals surface area contributed by atoms with Gasteiger partial charge in [0.1, 0.15) is 11.4 Å². The molecule has 1 aromatic carbocycles. The average Bonchev–Trinajstić information content (AvgIpc) is 3.26. The summed E-state index contributed by atoms with van der Waals surface area (Å²) in [5.41, 5.74) is -6.27. The van der Waals surface area contributed by atoms with Gasteiger partial charge >= 0.3 is 27.7 Å². The number of benzene rings is 1. The second-order valence-electron chi connectivity index (χ2n) is 9.60. The van der Waals surface area contributed by atoms with Gasteiger partial charge in [0.2, 0.25) is 0 Å². The number of hydrogen-bond donors (Lipinski definition) is 1. The number of ether oxygens (including phenoxy) is 3. The van der Waals surface area contributed by atoms with E-state index in [1.54, 1.807) is 33.8 Å². The molecule has 0 spiro atoms. The molecule has 2 unspecified atom stereocenters. The number of rotatable bonds is 12. The molecule has 0 aliphatic heterocycles. The number of carbonyl (C=O) groups excluding carboxylic acids is 2. The Bertz CT molecular complexity index is 1280. The van der Waals surface area contributed by atoms with E-state index < -0.39 is 51.7 Å². The van der Waals surface area contributed by atoms with E-state index in [1.807, 2.05) is 13.0 Å². The van der Waals surface area contributed by atoms with E-state index in [4.69, 9.17) is 25.8 Å². The van der Waals surface area contributed by atoms with Crippen LogP contribution in [0.4, 0.5) is 18.0 Å². The van der Waals surface area contributed by atoms with Crippen molar-refractivity contribution >= 4 is 45.1 Å². The molecular weight excluding hydrogens is 599 g/mol. The number of amides is 1. The van der Waals surface area contributed by atoms with Crippen molar-refractivity contribution in [1.82, 2.24) is 5.32 Å². The molecule has 0 aliphatic rings. The van der Waals surface area contributed by atoms with Crippen LogP contribution in [0.1, 0.15) is 56.5 Å². The molecule has 0 saturated carbocycles. The van der Waals surface area contributed by atoms with Crippen LogP contribution in [0.2, 0.25) is 4.34 Å². The number of halogens is 4. The molecule has 0 saturated heterocycles. The third-order valence-corrected chi connectivity index (χ3v) is 7.46. The highest BCUT2D eigenvalue weighted by molar-refractivity contribution is 7.88. The average molecular weight is 630 g/mol. The lowest BCUT2D eigenvalue weighted by Crippen LogP contribution is -2.33. The minimum absolute atomic E-state index is 0.0670. The SMILES string of the molecule is CCOC(=O)C(Cc1ccc(OS(=O)(=O)C(F)(F)F)c(CNC(=O)OC(C)(C)C)c1)OCC(C)c1ccc(Cl)s1. The first-order chi connectivity index (χ1) is 18.4. The van der Waals surface area contributed by atoms with Crippen LogP contribution >= 0.6 is 22.9 Å². The Kier molecular flexibility index (Phi) is 11.7. The van der Waals surface area contributed by atoms with Crippen LogP contribution in [-0.4, -0.2) is 50.9 Å². The lowest BCUT2D eigenvalue weighted by molar-refractivity contribution is -0.156. The highest BCUT2D eigenvalue weighted by Gasteiger charge is 2.48. The van der Waals surface area contributed by atoms with Gasteiger partial charge in [-0.05, 0) is 51.5 Å². The zero-order valence-corrected chi connectivity index (χ0v) is 24.9. The van der Waals surface area contributed by atoms with E-state index in [1.165, 1.54) is 23.5 Å². The summed E-state index contributed by atoms with van der Waals surface area (Å²) in [6.45, 7) is 8.13. The predicted octanol–water partition coefficient (Wildman–Crippen LogP) is 5.95. The first kappa shape index (κ1) is 33.7. The minimum Gasteiger partial charge on any atom is -0.464 e. The van der Waals surface area contributed by atoms with Gasteiger partial charge in [-0.2, -0.15) is 21.6 Å². The number of thiophene rings is 1. The Balaban J connectivity index is 2.31. The molecule has 2 atom stereocenters. The van der Waals surface area contributed by atoms with Gasteiger partial charge in [0, 0.05) is 29.3 Å². The Hall–Kier alpha value is -2.55. The van der Waals surface area contributed by atoms with E-state index >= 15 is 0 Å². The van der Waals surface area contributed by atoms with Crippen molar-refractivity contribution in [1.29, 1.82) is 0 Å². The fraction of sp³-hybridized carbons (Fsp3) is 0.520. The topological polar surface area (TPSA) is 117 Å². The Labute approximate surface area is 240 Å². The summed E-state index contributed by atoms with van der Waals surface area (Å²) < 4.78 is 83.2. The second kappa shape index (κ2) is 13.9. The van der Waals surface area contributed by atoms with Gasteiger partial charge in [0.15, 0.2) is 6.10 Å². The van der Waals surface area contributed by atoms with Gasteiger partial charge in [-0.15, -0.1) is 11.3 Å². The Morgan fingerprint density at radius 1 is 1.12 bits per heavy atom. The molecule has 9 nitrogen and oxygen atoms in total. The van der Waals surface area contributed by atoms with Gasteiger partial charge in [0.25, 0.3) is 0 Å². The number of carbonyl (C=O) groups is 2.